The van der Waals surface area contributed by atoms with Crippen molar-refractivity contribution in [1.82, 2.24) is 0 Å². The summed E-state index contributed by atoms with van der Waals surface area (Å²) in [6.45, 7) is 1.78. The smallest absolute Gasteiger partial charge is 0.311 e. The van der Waals surface area contributed by atoms with Crippen molar-refractivity contribution >= 4 is 21.6 Å². The summed E-state index contributed by atoms with van der Waals surface area (Å²) >= 11 is 3.32. The van der Waals surface area contributed by atoms with Crippen molar-refractivity contribution in [2.24, 2.45) is 0 Å². The van der Waals surface area contributed by atoms with Crippen molar-refractivity contribution in [2.75, 3.05) is 0 Å². The Morgan fingerprint density at radius 2 is 1.83 bits per heavy atom. The molecule has 0 saturated heterocycles. The minimum atomic E-state index is -0.443. The Morgan fingerprint density at radius 1 is 1.17 bits per heavy atom. The SMILES string of the molecule is Cc1cccc([N+](=O)[O-])c1Oc1ccc(Br)cc1. The van der Waals surface area contributed by atoms with Crippen LogP contribution in [0, 0.1) is 17.0 Å². The van der Waals surface area contributed by atoms with Crippen molar-refractivity contribution in [3.05, 3.63) is 62.6 Å². The summed E-state index contributed by atoms with van der Waals surface area (Å²) in [7, 11) is 0. The Bertz CT molecular complexity index is 581. The van der Waals surface area contributed by atoms with Gasteiger partial charge in [-0.1, -0.05) is 28.1 Å². The summed E-state index contributed by atoms with van der Waals surface area (Å²) in [6.07, 6.45) is 0. The van der Waals surface area contributed by atoms with Crippen LogP contribution in [0.2, 0.25) is 0 Å². The van der Waals surface area contributed by atoms with E-state index in [-0.39, 0.29) is 11.4 Å². The molecule has 0 aromatic heterocycles. The van der Waals surface area contributed by atoms with E-state index in [0.717, 1.165) is 10.0 Å². The monoisotopic (exact) mass is 307 g/mol. The van der Waals surface area contributed by atoms with E-state index in [1.54, 1.807) is 31.2 Å². The van der Waals surface area contributed by atoms with E-state index >= 15 is 0 Å². The zero-order valence-electron chi connectivity index (χ0n) is 9.59. The number of halogens is 1. The van der Waals surface area contributed by atoms with Gasteiger partial charge in [0.1, 0.15) is 5.75 Å². The summed E-state index contributed by atoms with van der Waals surface area (Å²) in [5, 5.41) is 10.9. The summed E-state index contributed by atoms with van der Waals surface area (Å²) < 4.78 is 6.52. The van der Waals surface area contributed by atoms with E-state index in [0.29, 0.717) is 5.75 Å². The molecule has 2 aromatic rings. The van der Waals surface area contributed by atoms with Crippen LogP contribution in [0.15, 0.2) is 46.9 Å². The van der Waals surface area contributed by atoms with Gasteiger partial charge in [0.05, 0.1) is 4.92 Å². The fourth-order valence-corrected chi connectivity index (χ4v) is 1.80. The molecule has 0 fully saturated rings. The first kappa shape index (κ1) is 12.6. The Kier molecular flexibility index (Phi) is 3.62. The average molecular weight is 308 g/mol. The normalized spacial score (nSPS) is 10.1. The van der Waals surface area contributed by atoms with Crippen molar-refractivity contribution in [1.29, 1.82) is 0 Å². The highest BCUT2D eigenvalue weighted by Gasteiger charge is 2.17. The van der Waals surface area contributed by atoms with Gasteiger partial charge in [-0.3, -0.25) is 10.1 Å². The molecule has 2 aromatic carbocycles. The summed E-state index contributed by atoms with van der Waals surface area (Å²) in [6, 6.07) is 12.0. The molecule has 0 heterocycles. The Morgan fingerprint density at radius 3 is 2.44 bits per heavy atom. The van der Waals surface area contributed by atoms with Gasteiger partial charge in [-0.25, -0.2) is 0 Å². The van der Waals surface area contributed by atoms with Crippen LogP contribution in [-0.4, -0.2) is 4.92 Å². The lowest BCUT2D eigenvalue weighted by atomic mass is 10.2. The number of para-hydroxylation sites is 1. The van der Waals surface area contributed by atoms with Crippen LogP contribution in [-0.2, 0) is 0 Å². The molecular weight excluding hydrogens is 298 g/mol. The number of aryl methyl sites for hydroxylation is 1. The molecule has 0 saturated carbocycles. The molecule has 0 atom stereocenters. The highest BCUT2D eigenvalue weighted by Crippen LogP contribution is 2.34. The van der Waals surface area contributed by atoms with Crippen LogP contribution < -0.4 is 4.74 Å². The lowest BCUT2D eigenvalue weighted by molar-refractivity contribution is -0.385. The third-order valence-electron chi connectivity index (χ3n) is 2.42. The number of rotatable bonds is 3. The fraction of sp³-hybridized carbons (Fsp3) is 0.0769. The lowest BCUT2D eigenvalue weighted by Crippen LogP contribution is -1.95. The molecule has 5 heteroatoms. The minimum Gasteiger partial charge on any atom is -0.450 e. The van der Waals surface area contributed by atoms with Gasteiger partial charge >= 0.3 is 5.69 Å². The molecule has 0 N–H and O–H groups in total. The van der Waals surface area contributed by atoms with Crippen molar-refractivity contribution in [3.63, 3.8) is 0 Å². The Labute approximate surface area is 112 Å². The highest BCUT2D eigenvalue weighted by molar-refractivity contribution is 9.10. The molecule has 0 bridgehead atoms. The summed E-state index contributed by atoms with van der Waals surface area (Å²) in [5.74, 6) is 0.848. The molecule has 92 valence electrons. The summed E-state index contributed by atoms with van der Waals surface area (Å²) in [4.78, 5) is 10.5. The second-order valence-corrected chi connectivity index (χ2v) is 4.65. The molecule has 18 heavy (non-hydrogen) atoms. The van der Waals surface area contributed by atoms with E-state index in [9.17, 15) is 10.1 Å². The van der Waals surface area contributed by atoms with Crippen LogP contribution in [0.3, 0.4) is 0 Å². The first-order chi connectivity index (χ1) is 8.58. The van der Waals surface area contributed by atoms with Gasteiger partial charge in [-0.2, -0.15) is 0 Å². The van der Waals surface area contributed by atoms with E-state index in [1.165, 1.54) is 6.07 Å². The maximum Gasteiger partial charge on any atom is 0.311 e. The van der Waals surface area contributed by atoms with Crippen LogP contribution >= 0.6 is 15.9 Å². The number of hydrogen-bond acceptors (Lipinski definition) is 3. The first-order valence-corrected chi connectivity index (χ1v) is 6.04. The standard InChI is InChI=1S/C13H10BrNO3/c1-9-3-2-4-12(15(16)17)13(9)18-11-7-5-10(14)6-8-11/h2-8H,1H3. The molecule has 4 nitrogen and oxygen atoms in total. The topological polar surface area (TPSA) is 52.4 Å². The highest BCUT2D eigenvalue weighted by atomic mass is 79.9. The number of nitrogens with zero attached hydrogens (tertiary/aromatic N) is 1. The zero-order chi connectivity index (χ0) is 13.1. The quantitative estimate of drug-likeness (QED) is 0.621. The van der Waals surface area contributed by atoms with Crippen molar-refractivity contribution in [3.8, 4) is 11.5 Å². The fourth-order valence-electron chi connectivity index (χ4n) is 1.53. The van der Waals surface area contributed by atoms with E-state index in [4.69, 9.17) is 4.74 Å². The number of nitro benzene ring substituents is 1. The van der Waals surface area contributed by atoms with Gasteiger partial charge in [0, 0.05) is 10.5 Å². The maximum absolute atomic E-state index is 10.9. The van der Waals surface area contributed by atoms with Crippen LogP contribution in [0.1, 0.15) is 5.56 Å². The third-order valence-corrected chi connectivity index (χ3v) is 2.95. The van der Waals surface area contributed by atoms with Crippen LogP contribution in [0.5, 0.6) is 11.5 Å². The molecular formula is C13H10BrNO3. The van der Waals surface area contributed by atoms with Gasteiger partial charge in [0.2, 0.25) is 5.75 Å². The summed E-state index contributed by atoms with van der Waals surface area (Å²) in [5.41, 5.74) is 0.699. The molecule has 0 spiro atoms. The number of hydrogen-bond donors (Lipinski definition) is 0. The first-order valence-electron chi connectivity index (χ1n) is 5.25. The predicted octanol–water partition coefficient (Wildman–Crippen LogP) is 4.46. The molecule has 0 radical (unpaired) electrons. The second kappa shape index (κ2) is 5.18. The Balaban J connectivity index is 2.39. The van der Waals surface area contributed by atoms with Gasteiger partial charge in [-0.15, -0.1) is 0 Å². The molecule has 0 amide bonds. The molecule has 0 aliphatic carbocycles. The minimum absolute atomic E-state index is 0.0297. The lowest BCUT2D eigenvalue weighted by Gasteiger charge is -2.08. The molecule has 0 aliphatic rings. The van der Waals surface area contributed by atoms with Crippen molar-refractivity contribution < 1.29 is 9.66 Å². The van der Waals surface area contributed by atoms with Gasteiger partial charge in [0.15, 0.2) is 0 Å². The van der Waals surface area contributed by atoms with E-state index < -0.39 is 4.92 Å². The largest absolute Gasteiger partial charge is 0.450 e. The number of nitro groups is 1. The number of ether oxygens (including phenoxy) is 1. The zero-order valence-corrected chi connectivity index (χ0v) is 11.2. The Hall–Kier alpha value is -1.88. The molecule has 2 rings (SSSR count). The van der Waals surface area contributed by atoms with Crippen LogP contribution in [0.4, 0.5) is 5.69 Å². The molecule has 0 aliphatic heterocycles. The van der Waals surface area contributed by atoms with E-state index in [1.807, 2.05) is 12.1 Å². The van der Waals surface area contributed by atoms with Gasteiger partial charge < -0.3 is 4.74 Å². The van der Waals surface area contributed by atoms with Gasteiger partial charge in [0.25, 0.3) is 0 Å². The van der Waals surface area contributed by atoms with Crippen molar-refractivity contribution in [2.45, 2.75) is 6.92 Å². The average Bonchev–Trinajstić information content (AvgIpc) is 2.34. The maximum atomic E-state index is 10.9. The third kappa shape index (κ3) is 2.68. The predicted molar refractivity (Wildman–Crippen MR) is 72.0 cm³/mol. The van der Waals surface area contributed by atoms with E-state index in [2.05, 4.69) is 15.9 Å². The van der Waals surface area contributed by atoms with Gasteiger partial charge in [-0.05, 0) is 36.8 Å². The molecule has 0 unspecified atom stereocenters. The van der Waals surface area contributed by atoms with Crippen LogP contribution in [0.25, 0.3) is 0 Å². The number of benzene rings is 2. The second-order valence-electron chi connectivity index (χ2n) is 3.74.